The molecule has 104 valence electrons. The van der Waals surface area contributed by atoms with Gasteiger partial charge in [0.2, 0.25) is 0 Å². The van der Waals surface area contributed by atoms with E-state index in [0.717, 1.165) is 5.56 Å². The number of nitrogens with zero attached hydrogens (tertiary/aromatic N) is 2. The minimum Gasteiger partial charge on any atom is -0.364 e. The summed E-state index contributed by atoms with van der Waals surface area (Å²) in [5.74, 6) is -0.970. The van der Waals surface area contributed by atoms with Crippen LogP contribution in [-0.2, 0) is 0 Å². The van der Waals surface area contributed by atoms with Crippen LogP contribution in [0.4, 0.5) is 0 Å². The zero-order valence-electron chi connectivity index (χ0n) is 11.3. The van der Waals surface area contributed by atoms with E-state index in [1.807, 2.05) is 37.3 Å². The van der Waals surface area contributed by atoms with Gasteiger partial charge in [0.25, 0.3) is 11.8 Å². The van der Waals surface area contributed by atoms with E-state index in [-0.39, 0.29) is 23.3 Å². The number of benzene rings is 1. The van der Waals surface area contributed by atoms with Gasteiger partial charge in [-0.15, -0.1) is 0 Å². The van der Waals surface area contributed by atoms with Crippen molar-refractivity contribution in [2.45, 2.75) is 13.0 Å². The van der Waals surface area contributed by atoms with Crippen molar-refractivity contribution in [3.8, 4) is 0 Å². The first-order chi connectivity index (χ1) is 9.54. The fraction of sp³-hybridized carbons (Fsp3) is 0.214. The SMILES string of the molecule is CNC(=O)c1cc(C(N)=O)n([C@H](C)c2ccccc2)n1. The van der Waals surface area contributed by atoms with Crippen LogP contribution in [0.1, 0.15) is 39.5 Å². The van der Waals surface area contributed by atoms with Gasteiger partial charge >= 0.3 is 0 Å². The largest absolute Gasteiger partial charge is 0.364 e. The fourth-order valence-electron chi connectivity index (χ4n) is 1.99. The van der Waals surface area contributed by atoms with Crippen molar-refractivity contribution in [2.75, 3.05) is 7.05 Å². The van der Waals surface area contributed by atoms with Gasteiger partial charge in [0.15, 0.2) is 5.69 Å². The molecular formula is C14H16N4O2. The van der Waals surface area contributed by atoms with Crippen LogP contribution in [0.5, 0.6) is 0 Å². The van der Waals surface area contributed by atoms with E-state index in [0.29, 0.717) is 0 Å². The van der Waals surface area contributed by atoms with Crippen LogP contribution in [0.2, 0.25) is 0 Å². The summed E-state index contributed by atoms with van der Waals surface area (Å²) in [6.45, 7) is 1.89. The van der Waals surface area contributed by atoms with Gasteiger partial charge in [-0.25, -0.2) is 0 Å². The molecule has 0 radical (unpaired) electrons. The molecule has 0 aliphatic heterocycles. The molecule has 0 spiro atoms. The van der Waals surface area contributed by atoms with Gasteiger partial charge in [0.1, 0.15) is 5.69 Å². The number of aromatic nitrogens is 2. The van der Waals surface area contributed by atoms with Crippen LogP contribution in [0.25, 0.3) is 0 Å². The Kier molecular flexibility index (Phi) is 3.84. The first kappa shape index (κ1) is 13.8. The highest BCUT2D eigenvalue weighted by atomic mass is 16.2. The molecule has 0 unspecified atom stereocenters. The van der Waals surface area contributed by atoms with Gasteiger partial charge < -0.3 is 11.1 Å². The average Bonchev–Trinajstić information content (AvgIpc) is 2.92. The number of hydrogen-bond donors (Lipinski definition) is 2. The molecule has 0 saturated carbocycles. The summed E-state index contributed by atoms with van der Waals surface area (Å²) >= 11 is 0. The molecule has 1 heterocycles. The summed E-state index contributed by atoms with van der Waals surface area (Å²) in [5, 5.41) is 6.65. The van der Waals surface area contributed by atoms with Crippen molar-refractivity contribution in [3.63, 3.8) is 0 Å². The standard InChI is InChI=1S/C14H16N4O2/c1-9(10-6-4-3-5-7-10)18-12(13(15)19)8-11(17-18)14(20)16-2/h3-9H,1-2H3,(H2,15,19)(H,16,20)/t9-/m1/s1. The van der Waals surface area contributed by atoms with Gasteiger partial charge in [-0.1, -0.05) is 30.3 Å². The molecule has 0 aliphatic carbocycles. The molecule has 6 nitrogen and oxygen atoms in total. The number of amides is 2. The monoisotopic (exact) mass is 272 g/mol. The first-order valence-corrected chi connectivity index (χ1v) is 6.21. The molecule has 0 bridgehead atoms. The quantitative estimate of drug-likeness (QED) is 0.868. The van der Waals surface area contributed by atoms with Crippen LogP contribution < -0.4 is 11.1 Å². The Balaban J connectivity index is 2.47. The Hall–Kier alpha value is -2.63. The van der Waals surface area contributed by atoms with Crippen molar-refractivity contribution in [2.24, 2.45) is 5.73 Å². The molecule has 2 aromatic rings. The van der Waals surface area contributed by atoms with Crippen molar-refractivity contribution >= 4 is 11.8 Å². The molecule has 2 rings (SSSR count). The zero-order valence-corrected chi connectivity index (χ0v) is 11.3. The number of primary amides is 1. The van der Waals surface area contributed by atoms with Gasteiger partial charge in [-0.05, 0) is 12.5 Å². The van der Waals surface area contributed by atoms with Crippen LogP contribution in [0.3, 0.4) is 0 Å². The Morgan fingerprint density at radius 1 is 1.30 bits per heavy atom. The van der Waals surface area contributed by atoms with Crippen molar-refractivity contribution < 1.29 is 9.59 Å². The molecule has 3 N–H and O–H groups in total. The molecule has 1 aromatic heterocycles. The zero-order chi connectivity index (χ0) is 14.7. The second-order valence-electron chi connectivity index (χ2n) is 4.39. The highest BCUT2D eigenvalue weighted by molar-refractivity contribution is 5.97. The molecule has 0 fully saturated rings. The molecule has 1 aromatic carbocycles. The number of hydrogen-bond acceptors (Lipinski definition) is 3. The van der Waals surface area contributed by atoms with Gasteiger partial charge in [0.05, 0.1) is 6.04 Å². The molecule has 0 aliphatic rings. The fourth-order valence-corrected chi connectivity index (χ4v) is 1.99. The predicted octanol–water partition coefficient (Wildman–Crippen LogP) is 0.951. The van der Waals surface area contributed by atoms with E-state index in [1.54, 1.807) is 0 Å². The molecule has 2 amide bonds. The normalized spacial score (nSPS) is 11.9. The topological polar surface area (TPSA) is 90.0 Å². The van der Waals surface area contributed by atoms with Gasteiger partial charge in [0, 0.05) is 13.1 Å². The highest BCUT2D eigenvalue weighted by Gasteiger charge is 2.20. The average molecular weight is 272 g/mol. The maximum atomic E-state index is 11.6. The second kappa shape index (κ2) is 5.56. The number of carbonyl (C=O) groups excluding carboxylic acids is 2. The van der Waals surface area contributed by atoms with E-state index in [2.05, 4.69) is 10.4 Å². The Labute approximate surface area is 116 Å². The first-order valence-electron chi connectivity index (χ1n) is 6.21. The lowest BCUT2D eigenvalue weighted by atomic mass is 10.1. The summed E-state index contributed by atoms with van der Waals surface area (Å²) in [5.41, 5.74) is 6.71. The van der Waals surface area contributed by atoms with Crippen LogP contribution >= 0.6 is 0 Å². The maximum absolute atomic E-state index is 11.6. The lowest BCUT2D eigenvalue weighted by Crippen LogP contribution is -2.21. The molecular weight excluding hydrogens is 256 g/mol. The van der Waals surface area contributed by atoms with E-state index in [9.17, 15) is 9.59 Å². The molecule has 20 heavy (non-hydrogen) atoms. The number of nitrogens with one attached hydrogen (secondary N) is 1. The highest BCUT2D eigenvalue weighted by Crippen LogP contribution is 2.19. The Bertz CT molecular complexity index is 634. The predicted molar refractivity (Wildman–Crippen MR) is 74.4 cm³/mol. The van der Waals surface area contributed by atoms with Crippen molar-refractivity contribution in [1.29, 1.82) is 0 Å². The van der Waals surface area contributed by atoms with E-state index in [4.69, 9.17) is 5.73 Å². The minimum atomic E-state index is -0.615. The van der Waals surface area contributed by atoms with Gasteiger partial charge in [-0.3, -0.25) is 14.3 Å². The lowest BCUT2D eigenvalue weighted by Gasteiger charge is -2.14. The van der Waals surface area contributed by atoms with Gasteiger partial charge in [-0.2, -0.15) is 5.10 Å². The number of carbonyl (C=O) groups is 2. The molecule has 0 saturated heterocycles. The molecule has 1 atom stereocenters. The lowest BCUT2D eigenvalue weighted by molar-refractivity contribution is 0.0955. The second-order valence-corrected chi connectivity index (χ2v) is 4.39. The minimum absolute atomic E-state index is 0.170. The summed E-state index contributed by atoms with van der Waals surface area (Å²) in [6.07, 6.45) is 0. The summed E-state index contributed by atoms with van der Waals surface area (Å²) in [6, 6.07) is 10.8. The third-order valence-corrected chi connectivity index (χ3v) is 3.10. The van der Waals surface area contributed by atoms with E-state index < -0.39 is 5.91 Å². The number of nitrogens with two attached hydrogens (primary N) is 1. The Morgan fingerprint density at radius 2 is 1.95 bits per heavy atom. The summed E-state index contributed by atoms with van der Waals surface area (Å²) in [7, 11) is 1.51. The van der Waals surface area contributed by atoms with Crippen LogP contribution in [-0.4, -0.2) is 28.6 Å². The smallest absolute Gasteiger partial charge is 0.271 e. The van der Waals surface area contributed by atoms with E-state index >= 15 is 0 Å². The van der Waals surface area contributed by atoms with Crippen LogP contribution in [0.15, 0.2) is 36.4 Å². The van der Waals surface area contributed by atoms with Crippen molar-refractivity contribution in [1.82, 2.24) is 15.1 Å². The third kappa shape index (κ3) is 2.54. The van der Waals surface area contributed by atoms with E-state index in [1.165, 1.54) is 17.8 Å². The van der Waals surface area contributed by atoms with Crippen molar-refractivity contribution in [3.05, 3.63) is 53.3 Å². The van der Waals surface area contributed by atoms with Crippen LogP contribution in [0, 0.1) is 0 Å². The number of rotatable bonds is 4. The third-order valence-electron chi connectivity index (χ3n) is 3.10. The Morgan fingerprint density at radius 3 is 2.50 bits per heavy atom. The summed E-state index contributed by atoms with van der Waals surface area (Å²) in [4.78, 5) is 23.1. The molecule has 6 heteroatoms. The summed E-state index contributed by atoms with van der Waals surface area (Å²) < 4.78 is 1.47. The maximum Gasteiger partial charge on any atom is 0.271 e.